The summed E-state index contributed by atoms with van der Waals surface area (Å²) in [5.41, 5.74) is 3.94. The molecule has 1 amide bonds. The number of halogens is 1. The van der Waals surface area contributed by atoms with Crippen LogP contribution in [0.3, 0.4) is 0 Å². The molecule has 0 aromatic heterocycles. The van der Waals surface area contributed by atoms with Gasteiger partial charge in [-0.15, -0.1) is 0 Å². The van der Waals surface area contributed by atoms with Crippen LogP contribution in [0.25, 0.3) is 0 Å². The molecule has 0 aliphatic heterocycles. The fourth-order valence-corrected chi connectivity index (χ4v) is 8.39. The molecule has 158 valence electrons. The number of aryl methyl sites for hydroxylation is 1. The van der Waals surface area contributed by atoms with E-state index in [0.717, 1.165) is 21.5 Å². The minimum absolute atomic E-state index is 0.177. The topological polar surface area (TPSA) is 29.1 Å². The molecule has 0 heterocycles. The molecule has 0 saturated carbocycles. The predicted molar refractivity (Wildman–Crippen MR) is 138 cm³/mol. The highest BCUT2D eigenvalue weighted by atomic mass is 35.5. The summed E-state index contributed by atoms with van der Waals surface area (Å²) in [7, 11) is -2.45. The molecule has 0 fully saturated rings. The van der Waals surface area contributed by atoms with Crippen LogP contribution in [0.2, 0.25) is 0 Å². The fraction of sp³-hybridized carbons (Fsp3) is 0.0357. The van der Waals surface area contributed by atoms with E-state index in [9.17, 15) is 4.79 Å². The van der Waals surface area contributed by atoms with Gasteiger partial charge in [-0.3, -0.25) is 10.1 Å². The molecule has 4 aromatic carbocycles. The van der Waals surface area contributed by atoms with Gasteiger partial charge in [0.15, 0.2) is 12.7 Å². The zero-order valence-electron chi connectivity index (χ0n) is 17.8. The first-order chi connectivity index (χ1) is 15.7. The van der Waals surface area contributed by atoms with Crippen molar-refractivity contribution in [2.45, 2.75) is 6.92 Å². The van der Waals surface area contributed by atoms with Gasteiger partial charge in [0, 0.05) is 5.56 Å². The molecule has 0 atom stereocenters. The Bertz CT molecular complexity index is 1110. The van der Waals surface area contributed by atoms with E-state index in [0.29, 0.717) is 11.0 Å². The van der Waals surface area contributed by atoms with Gasteiger partial charge < -0.3 is 0 Å². The normalized spacial score (nSPS) is 11.8. The minimum atomic E-state index is -2.45. The minimum Gasteiger partial charge on any atom is -0.291 e. The molecule has 2 nitrogen and oxygen atoms in total. The lowest BCUT2D eigenvalue weighted by atomic mass is 10.1. The van der Waals surface area contributed by atoms with Crippen molar-refractivity contribution in [1.29, 1.82) is 0 Å². The molecule has 1 N–H and O–H groups in total. The van der Waals surface area contributed by atoms with Gasteiger partial charge in [-0.25, -0.2) is 0 Å². The third-order valence-corrected chi connectivity index (χ3v) is 10.0. The lowest BCUT2D eigenvalue weighted by Gasteiger charge is -2.29. The molecule has 0 radical (unpaired) electrons. The number of amides is 1. The van der Waals surface area contributed by atoms with Crippen molar-refractivity contribution in [3.05, 3.63) is 137 Å². The van der Waals surface area contributed by atoms with Gasteiger partial charge in [-0.2, -0.15) is 0 Å². The van der Waals surface area contributed by atoms with E-state index in [2.05, 4.69) is 41.7 Å². The summed E-state index contributed by atoms with van der Waals surface area (Å²) >= 11 is 6.51. The second kappa shape index (κ2) is 9.96. The molecule has 4 aromatic rings. The van der Waals surface area contributed by atoms with Crippen LogP contribution in [0, 0.1) is 6.92 Å². The molecule has 4 rings (SSSR count). The summed E-state index contributed by atoms with van der Waals surface area (Å²) in [6, 6.07) is 38.5. The summed E-state index contributed by atoms with van der Waals surface area (Å²) in [5.74, 6) is -0.177. The quantitative estimate of drug-likeness (QED) is 0.367. The Labute approximate surface area is 194 Å². The Kier molecular flexibility index (Phi) is 6.85. The van der Waals surface area contributed by atoms with E-state index < -0.39 is 7.26 Å². The fourth-order valence-electron chi connectivity index (χ4n) is 3.90. The van der Waals surface area contributed by atoms with Crippen molar-refractivity contribution in [2.24, 2.45) is 0 Å². The second-order valence-corrected chi connectivity index (χ2v) is 11.1. The number of hydrogen-bond donors (Lipinski definition) is 1. The molecule has 0 unspecified atom stereocenters. The third kappa shape index (κ3) is 4.25. The molecule has 0 aliphatic carbocycles. The van der Waals surface area contributed by atoms with Crippen molar-refractivity contribution in [3.8, 4) is 0 Å². The summed E-state index contributed by atoms with van der Waals surface area (Å²) in [6.45, 7) is 2.00. The number of carbonyl (C=O) groups is 1. The Hall–Kier alpha value is -3.19. The van der Waals surface area contributed by atoms with Gasteiger partial charge in [-0.1, -0.05) is 83.9 Å². The van der Waals surface area contributed by atoms with Crippen LogP contribution < -0.4 is 21.2 Å². The van der Waals surface area contributed by atoms with Crippen molar-refractivity contribution in [3.63, 3.8) is 0 Å². The highest BCUT2D eigenvalue weighted by molar-refractivity contribution is 7.99. The molecular weight excluding hydrogens is 433 g/mol. The maximum absolute atomic E-state index is 13.3. The van der Waals surface area contributed by atoms with Gasteiger partial charge in [0.05, 0.1) is 5.54 Å². The third-order valence-electron chi connectivity index (χ3n) is 5.45. The van der Waals surface area contributed by atoms with Crippen molar-refractivity contribution < 1.29 is 4.79 Å². The maximum atomic E-state index is 13.3. The highest BCUT2D eigenvalue weighted by Gasteiger charge is 2.50. The van der Waals surface area contributed by atoms with Crippen LogP contribution in [0.1, 0.15) is 15.9 Å². The lowest BCUT2D eigenvalue weighted by Crippen LogP contribution is -2.38. The Morgan fingerprint density at radius 2 is 1.09 bits per heavy atom. The molecule has 32 heavy (non-hydrogen) atoms. The van der Waals surface area contributed by atoms with Gasteiger partial charge >= 0.3 is 0 Å². The largest absolute Gasteiger partial charge is 0.291 e. The molecule has 0 aliphatic rings. The maximum Gasteiger partial charge on any atom is 0.258 e. The van der Waals surface area contributed by atoms with E-state index in [1.54, 1.807) is 0 Å². The summed E-state index contributed by atoms with van der Waals surface area (Å²) < 4.78 is 0. The molecule has 0 saturated heterocycles. The van der Waals surface area contributed by atoms with Crippen molar-refractivity contribution in [1.82, 2.24) is 5.32 Å². The standard InChI is InChI=1S/C28H23ClNOP/c1-22-17-19-23(20-18-22)28(31)30-27(21-29)32(24-11-5-2-6-12-24,25-13-7-3-8-14-25)26-15-9-4-10-16-26/h2-21H,1H3/p+1/b27-21-. The smallest absolute Gasteiger partial charge is 0.258 e. The predicted octanol–water partition coefficient (Wildman–Crippen LogP) is 5.76. The van der Waals surface area contributed by atoms with Crippen LogP contribution in [0.4, 0.5) is 0 Å². The Balaban J connectivity index is 1.93. The summed E-state index contributed by atoms with van der Waals surface area (Å²) in [6.07, 6.45) is 0. The first kappa shape index (κ1) is 22.0. The van der Waals surface area contributed by atoms with Gasteiger partial charge in [-0.05, 0) is 55.5 Å². The van der Waals surface area contributed by atoms with Gasteiger partial charge in [0.1, 0.15) is 15.9 Å². The van der Waals surface area contributed by atoms with Crippen molar-refractivity contribution >= 4 is 40.7 Å². The van der Waals surface area contributed by atoms with E-state index in [1.165, 1.54) is 5.54 Å². The van der Waals surface area contributed by atoms with Gasteiger partial charge in [0.2, 0.25) is 0 Å². The number of hydrogen-bond acceptors (Lipinski definition) is 1. The summed E-state index contributed by atoms with van der Waals surface area (Å²) in [5, 5.41) is 6.54. The average Bonchev–Trinajstić information content (AvgIpc) is 2.86. The van der Waals surface area contributed by atoms with E-state index in [1.807, 2.05) is 85.8 Å². The SMILES string of the molecule is Cc1ccc(C(=O)N/C(=C/Cl)[P+](c2ccccc2)(c2ccccc2)c2ccccc2)cc1. The summed E-state index contributed by atoms with van der Waals surface area (Å²) in [4.78, 5) is 13.3. The van der Waals surface area contributed by atoms with E-state index >= 15 is 0 Å². The molecule has 4 heteroatoms. The number of nitrogens with one attached hydrogen (secondary N) is 1. The second-order valence-electron chi connectivity index (χ2n) is 7.49. The molecular formula is C28H24ClNOP+. The van der Waals surface area contributed by atoms with E-state index in [-0.39, 0.29) is 5.91 Å². The van der Waals surface area contributed by atoms with Crippen LogP contribution in [-0.2, 0) is 0 Å². The van der Waals surface area contributed by atoms with Crippen LogP contribution in [0.5, 0.6) is 0 Å². The number of carbonyl (C=O) groups excluding carboxylic acids is 1. The number of benzene rings is 4. The van der Waals surface area contributed by atoms with Crippen LogP contribution in [0.15, 0.2) is 126 Å². The zero-order valence-corrected chi connectivity index (χ0v) is 19.4. The lowest BCUT2D eigenvalue weighted by molar-refractivity contribution is 0.0968. The Morgan fingerprint density at radius 1 is 0.688 bits per heavy atom. The number of rotatable bonds is 6. The van der Waals surface area contributed by atoms with Crippen LogP contribution in [-0.4, -0.2) is 5.91 Å². The zero-order chi connectivity index (χ0) is 22.4. The van der Waals surface area contributed by atoms with Gasteiger partial charge in [0.25, 0.3) is 5.91 Å². The first-order valence-electron chi connectivity index (χ1n) is 10.4. The first-order valence-corrected chi connectivity index (χ1v) is 12.6. The average molecular weight is 457 g/mol. The highest BCUT2D eigenvalue weighted by Crippen LogP contribution is 2.61. The van der Waals surface area contributed by atoms with Crippen molar-refractivity contribution in [2.75, 3.05) is 0 Å². The monoisotopic (exact) mass is 456 g/mol. The molecule has 0 bridgehead atoms. The van der Waals surface area contributed by atoms with Crippen LogP contribution >= 0.6 is 18.9 Å². The molecule has 0 spiro atoms. The Morgan fingerprint density at radius 3 is 1.47 bits per heavy atom. The van der Waals surface area contributed by atoms with E-state index in [4.69, 9.17) is 11.6 Å².